The SMILES string of the molecule is CCNC(c1ccc2cccnc2c1)c1cc(Cl)sc1Cl. The van der Waals surface area contributed by atoms with Crippen LogP contribution in [0.15, 0.2) is 42.6 Å². The molecule has 0 bridgehead atoms. The highest BCUT2D eigenvalue weighted by molar-refractivity contribution is 7.20. The van der Waals surface area contributed by atoms with Crippen molar-refractivity contribution in [2.75, 3.05) is 6.54 Å². The molecule has 3 rings (SSSR count). The first-order valence-electron chi connectivity index (χ1n) is 6.72. The highest BCUT2D eigenvalue weighted by Crippen LogP contribution is 2.37. The van der Waals surface area contributed by atoms with Gasteiger partial charge in [0.15, 0.2) is 0 Å². The summed E-state index contributed by atoms with van der Waals surface area (Å²) in [5, 5.41) is 4.60. The summed E-state index contributed by atoms with van der Waals surface area (Å²) < 4.78 is 1.43. The van der Waals surface area contributed by atoms with Crippen molar-refractivity contribution in [3.63, 3.8) is 0 Å². The summed E-state index contributed by atoms with van der Waals surface area (Å²) in [5.41, 5.74) is 3.14. The van der Waals surface area contributed by atoms with Crippen molar-refractivity contribution >= 4 is 45.4 Å². The highest BCUT2D eigenvalue weighted by atomic mass is 35.5. The van der Waals surface area contributed by atoms with Gasteiger partial charge < -0.3 is 5.32 Å². The Balaban J connectivity index is 2.08. The fraction of sp³-hybridized carbons (Fsp3) is 0.188. The lowest BCUT2D eigenvalue weighted by Crippen LogP contribution is -2.21. The van der Waals surface area contributed by atoms with Gasteiger partial charge in [0.1, 0.15) is 0 Å². The Labute approximate surface area is 137 Å². The standard InChI is InChI=1S/C16H14Cl2N2S/c1-2-19-15(12-9-14(17)21-16(12)18)11-6-5-10-4-3-7-20-13(10)8-11/h3-9,15,19H,2H2,1H3. The molecule has 1 unspecified atom stereocenters. The number of aromatic nitrogens is 1. The highest BCUT2D eigenvalue weighted by Gasteiger charge is 2.19. The Morgan fingerprint density at radius 3 is 2.81 bits per heavy atom. The number of nitrogens with one attached hydrogen (secondary N) is 1. The van der Waals surface area contributed by atoms with Gasteiger partial charge in [-0.1, -0.05) is 48.3 Å². The molecule has 0 radical (unpaired) electrons. The van der Waals surface area contributed by atoms with E-state index in [2.05, 4.69) is 41.5 Å². The third-order valence-electron chi connectivity index (χ3n) is 3.37. The molecule has 21 heavy (non-hydrogen) atoms. The number of hydrogen-bond donors (Lipinski definition) is 1. The molecule has 0 fully saturated rings. The van der Waals surface area contributed by atoms with E-state index in [9.17, 15) is 0 Å². The third kappa shape index (κ3) is 3.06. The Hall–Kier alpha value is -1.13. The molecule has 0 spiro atoms. The second-order valence-electron chi connectivity index (χ2n) is 4.73. The van der Waals surface area contributed by atoms with Crippen LogP contribution < -0.4 is 5.32 Å². The Morgan fingerprint density at radius 1 is 1.24 bits per heavy atom. The van der Waals surface area contributed by atoms with Crippen LogP contribution in [-0.4, -0.2) is 11.5 Å². The van der Waals surface area contributed by atoms with Crippen molar-refractivity contribution in [2.45, 2.75) is 13.0 Å². The molecule has 0 aliphatic heterocycles. The molecule has 0 saturated heterocycles. The number of halogens is 2. The van der Waals surface area contributed by atoms with E-state index in [1.807, 2.05) is 18.3 Å². The number of nitrogens with zero attached hydrogens (tertiary/aromatic N) is 1. The van der Waals surface area contributed by atoms with Crippen molar-refractivity contribution < 1.29 is 0 Å². The minimum atomic E-state index is 0.0256. The van der Waals surface area contributed by atoms with E-state index in [-0.39, 0.29) is 6.04 Å². The Bertz CT molecular complexity index is 770. The topological polar surface area (TPSA) is 24.9 Å². The lowest BCUT2D eigenvalue weighted by molar-refractivity contribution is 0.633. The van der Waals surface area contributed by atoms with Crippen molar-refractivity contribution in [1.82, 2.24) is 10.3 Å². The van der Waals surface area contributed by atoms with E-state index in [0.29, 0.717) is 4.34 Å². The molecular weight excluding hydrogens is 323 g/mol. The van der Waals surface area contributed by atoms with Crippen LogP contribution in [0.4, 0.5) is 0 Å². The van der Waals surface area contributed by atoms with E-state index in [1.54, 1.807) is 0 Å². The summed E-state index contributed by atoms with van der Waals surface area (Å²) >= 11 is 13.8. The first kappa shape index (κ1) is 14.8. The monoisotopic (exact) mass is 336 g/mol. The largest absolute Gasteiger partial charge is 0.306 e. The second-order valence-corrected chi connectivity index (χ2v) is 7.01. The van der Waals surface area contributed by atoms with E-state index in [1.165, 1.54) is 11.3 Å². The molecule has 2 aromatic heterocycles. The summed E-state index contributed by atoms with van der Waals surface area (Å²) in [6.45, 7) is 2.92. The summed E-state index contributed by atoms with van der Waals surface area (Å²) in [6, 6.07) is 12.3. The van der Waals surface area contributed by atoms with Gasteiger partial charge in [-0.15, -0.1) is 11.3 Å². The molecule has 1 atom stereocenters. The summed E-state index contributed by atoms with van der Waals surface area (Å²) in [6.07, 6.45) is 1.81. The first-order valence-corrected chi connectivity index (χ1v) is 8.29. The van der Waals surface area contributed by atoms with Crippen molar-refractivity contribution in [3.05, 3.63) is 62.4 Å². The fourth-order valence-electron chi connectivity index (χ4n) is 2.42. The number of fused-ring (bicyclic) bond motifs is 1. The molecule has 1 N–H and O–H groups in total. The van der Waals surface area contributed by atoms with Gasteiger partial charge in [-0.2, -0.15) is 0 Å². The summed E-state index contributed by atoms with van der Waals surface area (Å²) in [4.78, 5) is 4.42. The van der Waals surface area contributed by atoms with Gasteiger partial charge in [0.25, 0.3) is 0 Å². The molecule has 108 valence electrons. The van der Waals surface area contributed by atoms with Crippen molar-refractivity contribution in [2.24, 2.45) is 0 Å². The molecule has 0 saturated carbocycles. The predicted octanol–water partition coefficient (Wildman–Crippen LogP) is 5.30. The number of benzene rings is 1. The lowest BCUT2D eigenvalue weighted by atomic mass is 9.99. The van der Waals surface area contributed by atoms with Gasteiger partial charge in [0.2, 0.25) is 0 Å². The molecular formula is C16H14Cl2N2S. The van der Waals surface area contributed by atoms with Crippen LogP contribution in [0.3, 0.4) is 0 Å². The maximum atomic E-state index is 6.32. The molecule has 5 heteroatoms. The van der Waals surface area contributed by atoms with Crippen molar-refractivity contribution in [3.8, 4) is 0 Å². The molecule has 1 aromatic carbocycles. The van der Waals surface area contributed by atoms with Gasteiger partial charge in [0.05, 0.1) is 20.2 Å². The van der Waals surface area contributed by atoms with Gasteiger partial charge >= 0.3 is 0 Å². The van der Waals surface area contributed by atoms with E-state index in [0.717, 1.165) is 32.9 Å². The third-order valence-corrected chi connectivity index (χ3v) is 4.88. The zero-order valence-electron chi connectivity index (χ0n) is 11.4. The fourth-order valence-corrected chi connectivity index (χ4v) is 3.96. The Morgan fingerprint density at radius 2 is 2.10 bits per heavy atom. The van der Waals surface area contributed by atoms with Crippen LogP contribution in [0, 0.1) is 0 Å². The number of pyridine rings is 1. The van der Waals surface area contributed by atoms with Gasteiger partial charge in [0, 0.05) is 17.1 Å². The van der Waals surface area contributed by atoms with Crippen molar-refractivity contribution in [1.29, 1.82) is 0 Å². The molecule has 2 heterocycles. The Kier molecular flexibility index (Phi) is 4.45. The minimum absolute atomic E-state index is 0.0256. The zero-order valence-corrected chi connectivity index (χ0v) is 13.8. The van der Waals surface area contributed by atoms with E-state index in [4.69, 9.17) is 23.2 Å². The zero-order chi connectivity index (χ0) is 14.8. The second kappa shape index (κ2) is 6.32. The molecule has 2 nitrogen and oxygen atoms in total. The maximum absolute atomic E-state index is 6.32. The van der Waals surface area contributed by atoms with Crippen LogP contribution in [0.1, 0.15) is 24.1 Å². The summed E-state index contributed by atoms with van der Waals surface area (Å²) in [7, 11) is 0. The maximum Gasteiger partial charge on any atom is 0.0995 e. The van der Waals surface area contributed by atoms with Crippen LogP contribution in [-0.2, 0) is 0 Å². The molecule has 0 aliphatic rings. The number of rotatable bonds is 4. The van der Waals surface area contributed by atoms with Crippen LogP contribution >= 0.6 is 34.5 Å². The molecule has 0 amide bonds. The average Bonchev–Trinajstić information content (AvgIpc) is 2.83. The normalized spacial score (nSPS) is 12.7. The smallest absolute Gasteiger partial charge is 0.0995 e. The van der Waals surface area contributed by atoms with Crippen LogP contribution in [0.5, 0.6) is 0 Å². The van der Waals surface area contributed by atoms with E-state index >= 15 is 0 Å². The number of hydrogen-bond acceptors (Lipinski definition) is 3. The summed E-state index contributed by atoms with van der Waals surface area (Å²) in [5.74, 6) is 0. The quantitative estimate of drug-likeness (QED) is 0.698. The van der Waals surface area contributed by atoms with Gasteiger partial charge in [-0.05, 0) is 30.3 Å². The van der Waals surface area contributed by atoms with Crippen LogP contribution in [0.25, 0.3) is 10.9 Å². The predicted molar refractivity (Wildman–Crippen MR) is 91.6 cm³/mol. The molecule has 3 aromatic rings. The van der Waals surface area contributed by atoms with Gasteiger partial charge in [-0.3, -0.25) is 4.98 Å². The first-order chi connectivity index (χ1) is 10.2. The lowest BCUT2D eigenvalue weighted by Gasteiger charge is -2.18. The van der Waals surface area contributed by atoms with Crippen LogP contribution in [0.2, 0.25) is 8.67 Å². The van der Waals surface area contributed by atoms with Gasteiger partial charge in [-0.25, -0.2) is 0 Å². The molecule has 0 aliphatic carbocycles. The minimum Gasteiger partial charge on any atom is -0.306 e. The van der Waals surface area contributed by atoms with E-state index < -0.39 is 0 Å². The average molecular weight is 337 g/mol. The number of thiophene rings is 1.